The summed E-state index contributed by atoms with van der Waals surface area (Å²) in [6.45, 7) is 2.23. The van der Waals surface area contributed by atoms with Crippen molar-refractivity contribution in [3.63, 3.8) is 0 Å². The second-order valence-electron chi connectivity index (χ2n) is 6.62. The summed E-state index contributed by atoms with van der Waals surface area (Å²) in [6.07, 6.45) is 10.4. The Hall–Kier alpha value is -2.79. The lowest BCUT2D eigenvalue weighted by Crippen LogP contribution is -2.26. The molecule has 0 radical (unpaired) electrons. The Morgan fingerprint density at radius 1 is 1.00 bits per heavy atom. The fourth-order valence-electron chi connectivity index (χ4n) is 3.53. The van der Waals surface area contributed by atoms with Gasteiger partial charge in [0, 0.05) is 18.9 Å². The Kier molecular flexibility index (Phi) is 5.17. The first-order valence-electron chi connectivity index (χ1n) is 9.15. The summed E-state index contributed by atoms with van der Waals surface area (Å²) in [5.74, 6) is 0.729. The highest BCUT2D eigenvalue weighted by Crippen LogP contribution is 2.31. The Bertz CT molecular complexity index is 805. The average molecular weight is 345 g/mol. The van der Waals surface area contributed by atoms with Gasteiger partial charge >= 0.3 is 0 Å². The third kappa shape index (κ3) is 4.06. The zero-order chi connectivity index (χ0) is 17.6. The molecule has 1 aromatic carbocycles. The molecule has 26 heavy (non-hydrogen) atoms. The van der Waals surface area contributed by atoms with Crippen molar-refractivity contribution >= 4 is 11.5 Å². The van der Waals surface area contributed by atoms with Gasteiger partial charge in [0.1, 0.15) is 5.82 Å². The summed E-state index contributed by atoms with van der Waals surface area (Å²) in [5.41, 5.74) is 3.48. The number of hydrogen-bond acceptors (Lipinski definition) is 5. The van der Waals surface area contributed by atoms with Gasteiger partial charge in [0.2, 0.25) is 0 Å². The number of anilines is 2. The Balaban J connectivity index is 1.39. The molecule has 0 aliphatic carbocycles. The summed E-state index contributed by atoms with van der Waals surface area (Å²) >= 11 is 0. The van der Waals surface area contributed by atoms with Crippen LogP contribution in [-0.4, -0.2) is 32.9 Å². The maximum Gasteiger partial charge on any atom is 0.148 e. The fraction of sp³-hybridized carbons (Fsp3) is 0.286. The molecule has 0 saturated carbocycles. The van der Waals surface area contributed by atoms with Crippen molar-refractivity contribution in [1.29, 1.82) is 0 Å². The monoisotopic (exact) mass is 345 g/mol. The van der Waals surface area contributed by atoms with Crippen molar-refractivity contribution in [2.45, 2.75) is 25.3 Å². The van der Waals surface area contributed by atoms with Crippen LogP contribution in [0.25, 0.3) is 0 Å². The van der Waals surface area contributed by atoms with E-state index in [-0.39, 0.29) is 0 Å². The van der Waals surface area contributed by atoms with E-state index >= 15 is 0 Å². The standard InChI is InChI=1S/C21H23N5/c1-2-5-17(6-3-1)10-14-26-13-4-7-20(26)19-9-8-18(15-24-19)25-21-16-22-11-12-23-21/h1-3,5-6,8-9,11-12,15-16,20H,4,7,10,13-14H2,(H,23,25)/t20-/m0/s1. The summed E-state index contributed by atoms with van der Waals surface area (Å²) in [5, 5.41) is 3.23. The number of hydrogen-bond donors (Lipinski definition) is 1. The van der Waals surface area contributed by atoms with Crippen molar-refractivity contribution in [1.82, 2.24) is 19.9 Å². The number of benzene rings is 1. The molecule has 3 heterocycles. The van der Waals surface area contributed by atoms with E-state index in [4.69, 9.17) is 4.98 Å². The number of pyridine rings is 1. The first kappa shape index (κ1) is 16.7. The minimum atomic E-state index is 0.421. The first-order chi connectivity index (χ1) is 12.9. The van der Waals surface area contributed by atoms with Gasteiger partial charge in [0.05, 0.1) is 29.8 Å². The smallest absolute Gasteiger partial charge is 0.148 e. The zero-order valence-electron chi connectivity index (χ0n) is 14.8. The summed E-state index contributed by atoms with van der Waals surface area (Å²) in [6, 6.07) is 15.3. The third-order valence-electron chi connectivity index (χ3n) is 4.86. The van der Waals surface area contributed by atoms with E-state index in [1.807, 2.05) is 6.20 Å². The SMILES string of the molecule is c1ccc(CCN2CCC[C@H]2c2ccc(Nc3cnccn3)cn2)cc1. The number of aromatic nitrogens is 3. The third-order valence-corrected chi connectivity index (χ3v) is 4.86. The molecule has 5 nitrogen and oxygen atoms in total. The lowest BCUT2D eigenvalue weighted by molar-refractivity contribution is 0.256. The van der Waals surface area contributed by atoms with E-state index in [0.29, 0.717) is 6.04 Å². The van der Waals surface area contributed by atoms with Gasteiger partial charge < -0.3 is 5.32 Å². The van der Waals surface area contributed by atoms with Gasteiger partial charge in [-0.3, -0.25) is 14.9 Å². The quantitative estimate of drug-likeness (QED) is 0.732. The number of likely N-dealkylation sites (tertiary alicyclic amines) is 1. The maximum atomic E-state index is 4.71. The molecule has 0 amide bonds. The van der Waals surface area contributed by atoms with E-state index in [1.54, 1.807) is 18.6 Å². The van der Waals surface area contributed by atoms with Crippen molar-refractivity contribution in [3.8, 4) is 0 Å². The molecular formula is C21H23N5. The lowest BCUT2D eigenvalue weighted by Gasteiger charge is -2.24. The van der Waals surface area contributed by atoms with Gasteiger partial charge in [-0.25, -0.2) is 4.98 Å². The van der Waals surface area contributed by atoms with Crippen LogP contribution in [0.4, 0.5) is 11.5 Å². The molecule has 1 aliphatic rings. The molecular weight excluding hydrogens is 322 g/mol. The van der Waals surface area contributed by atoms with Crippen LogP contribution < -0.4 is 5.32 Å². The van der Waals surface area contributed by atoms with Crippen LogP contribution in [0, 0.1) is 0 Å². The molecule has 5 heteroatoms. The van der Waals surface area contributed by atoms with Crippen molar-refractivity contribution < 1.29 is 0 Å². The highest BCUT2D eigenvalue weighted by Gasteiger charge is 2.26. The second-order valence-corrected chi connectivity index (χ2v) is 6.62. The number of nitrogens with one attached hydrogen (secondary N) is 1. The number of rotatable bonds is 6. The minimum absolute atomic E-state index is 0.421. The van der Waals surface area contributed by atoms with Gasteiger partial charge in [-0.1, -0.05) is 30.3 Å². The van der Waals surface area contributed by atoms with Crippen LogP contribution in [0.5, 0.6) is 0 Å². The summed E-state index contributed by atoms with van der Waals surface area (Å²) in [4.78, 5) is 15.6. The molecule has 0 unspecified atom stereocenters. The normalized spacial score (nSPS) is 17.3. The molecule has 1 atom stereocenters. The van der Waals surface area contributed by atoms with E-state index in [0.717, 1.165) is 36.7 Å². The molecule has 1 fully saturated rings. The van der Waals surface area contributed by atoms with Crippen molar-refractivity contribution in [2.24, 2.45) is 0 Å². The molecule has 1 saturated heterocycles. The van der Waals surface area contributed by atoms with Crippen LogP contribution in [-0.2, 0) is 6.42 Å². The van der Waals surface area contributed by atoms with Crippen molar-refractivity contribution in [2.75, 3.05) is 18.4 Å². The van der Waals surface area contributed by atoms with Gasteiger partial charge in [0.25, 0.3) is 0 Å². The van der Waals surface area contributed by atoms with Crippen LogP contribution in [0.2, 0.25) is 0 Å². The van der Waals surface area contributed by atoms with Crippen LogP contribution in [0.1, 0.15) is 30.1 Å². The van der Waals surface area contributed by atoms with Crippen LogP contribution >= 0.6 is 0 Å². The predicted octanol–water partition coefficient (Wildman–Crippen LogP) is 3.99. The first-order valence-corrected chi connectivity index (χ1v) is 9.15. The fourth-order valence-corrected chi connectivity index (χ4v) is 3.53. The zero-order valence-corrected chi connectivity index (χ0v) is 14.8. The summed E-state index contributed by atoms with van der Waals surface area (Å²) in [7, 11) is 0. The van der Waals surface area contributed by atoms with E-state index in [1.165, 1.54) is 18.4 Å². The second kappa shape index (κ2) is 8.06. The molecule has 132 valence electrons. The minimum Gasteiger partial charge on any atom is -0.338 e. The van der Waals surface area contributed by atoms with Gasteiger partial charge in [-0.05, 0) is 43.5 Å². The molecule has 1 N–H and O–H groups in total. The predicted molar refractivity (Wildman–Crippen MR) is 103 cm³/mol. The van der Waals surface area contributed by atoms with Crippen LogP contribution in [0.15, 0.2) is 67.3 Å². The van der Waals surface area contributed by atoms with E-state index in [9.17, 15) is 0 Å². The van der Waals surface area contributed by atoms with Gasteiger partial charge in [-0.15, -0.1) is 0 Å². The van der Waals surface area contributed by atoms with E-state index < -0.39 is 0 Å². The van der Waals surface area contributed by atoms with Gasteiger partial charge in [0.15, 0.2) is 0 Å². The molecule has 0 spiro atoms. The highest BCUT2D eigenvalue weighted by molar-refractivity contribution is 5.53. The molecule has 1 aliphatic heterocycles. The van der Waals surface area contributed by atoms with Crippen LogP contribution in [0.3, 0.4) is 0 Å². The Morgan fingerprint density at radius 2 is 1.92 bits per heavy atom. The molecule has 3 aromatic rings. The summed E-state index contributed by atoms with van der Waals surface area (Å²) < 4.78 is 0. The Morgan fingerprint density at radius 3 is 2.69 bits per heavy atom. The van der Waals surface area contributed by atoms with Gasteiger partial charge in [-0.2, -0.15) is 0 Å². The van der Waals surface area contributed by atoms with E-state index in [2.05, 4.69) is 62.6 Å². The molecule has 2 aromatic heterocycles. The number of nitrogens with zero attached hydrogens (tertiary/aromatic N) is 4. The Labute approximate surface area is 154 Å². The average Bonchev–Trinajstić information content (AvgIpc) is 3.17. The topological polar surface area (TPSA) is 53.9 Å². The van der Waals surface area contributed by atoms with Crippen molar-refractivity contribution in [3.05, 3.63) is 78.5 Å². The maximum absolute atomic E-state index is 4.71. The highest BCUT2D eigenvalue weighted by atomic mass is 15.2. The molecule has 0 bridgehead atoms. The lowest BCUT2D eigenvalue weighted by atomic mass is 10.1. The molecule has 4 rings (SSSR count). The largest absolute Gasteiger partial charge is 0.338 e.